The summed E-state index contributed by atoms with van der Waals surface area (Å²) in [5.74, 6) is 0.747. The molecule has 0 bridgehead atoms. The number of benzene rings is 3. The van der Waals surface area contributed by atoms with Crippen LogP contribution in [0, 0.1) is 0 Å². The zero-order valence-corrected chi connectivity index (χ0v) is 18.3. The number of halogens is 2. The Morgan fingerprint density at radius 2 is 1.69 bits per heavy atom. The average molecular weight is 444 g/mol. The van der Waals surface area contributed by atoms with E-state index in [9.17, 15) is 4.79 Å². The van der Waals surface area contributed by atoms with Crippen molar-refractivity contribution in [3.63, 3.8) is 0 Å². The Labute approximate surface area is 184 Å². The Hall–Kier alpha value is -2.14. The molecule has 0 fully saturated rings. The third-order valence-corrected chi connectivity index (χ3v) is 6.91. The van der Waals surface area contributed by atoms with E-state index in [0.717, 1.165) is 27.3 Å². The number of carbonyl (C=O) groups is 1. The van der Waals surface area contributed by atoms with Crippen LogP contribution in [0.4, 0.5) is 0 Å². The van der Waals surface area contributed by atoms with Gasteiger partial charge in [0.05, 0.1) is 7.11 Å². The minimum absolute atomic E-state index is 0.0117. The van der Waals surface area contributed by atoms with Gasteiger partial charge in [-0.2, -0.15) is 0 Å². The van der Waals surface area contributed by atoms with Crippen molar-refractivity contribution in [2.45, 2.75) is 16.2 Å². The molecule has 6 heteroatoms. The highest BCUT2D eigenvalue weighted by molar-refractivity contribution is 8.01. The minimum Gasteiger partial charge on any atom is -0.497 e. The Morgan fingerprint density at radius 1 is 1.00 bits per heavy atom. The molecule has 1 unspecified atom stereocenters. The van der Waals surface area contributed by atoms with Crippen LogP contribution < -0.4 is 4.74 Å². The van der Waals surface area contributed by atoms with Gasteiger partial charge in [0.1, 0.15) is 10.5 Å². The average Bonchev–Trinajstić information content (AvgIpc) is 2.71. The van der Waals surface area contributed by atoms with Gasteiger partial charge in [0, 0.05) is 28.5 Å². The molecule has 1 atom stereocenters. The molecule has 0 N–H and O–H groups in total. The van der Waals surface area contributed by atoms with Gasteiger partial charge < -0.3 is 9.64 Å². The van der Waals surface area contributed by atoms with Crippen LogP contribution >= 0.6 is 35.0 Å². The van der Waals surface area contributed by atoms with E-state index in [1.165, 1.54) is 11.8 Å². The summed E-state index contributed by atoms with van der Waals surface area (Å²) in [6.45, 7) is 0.511. The fourth-order valence-corrected chi connectivity index (χ4v) is 5.70. The van der Waals surface area contributed by atoms with Crippen LogP contribution in [0.2, 0.25) is 10.0 Å². The summed E-state index contributed by atoms with van der Waals surface area (Å²) < 4.78 is 4.41. The maximum Gasteiger partial charge on any atom is 0.248 e. The number of fused-ring (bicyclic) bond motifs is 1. The third kappa shape index (κ3) is 3.61. The van der Waals surface area contributed by atoms with Crippen molar-refractivity contribution in [2.75, 3.05) is 14.2 Å². The summed E-state index contributed by atoms with van der Waals surface area (Å²) in [6.07, 6.45) is 0. The van der Waals surface area contributed by atoms with Crippen LogP contribution in [0.5, 0.6) is 5.75 Å². The van der Waals surface area contributed by atoms with Gasteiger partial charge in [-0.3, -0.25) is 4.79 Å². The molecule has 0 saturated carbocycles. The van der Waals surface area contributed by atoms with E-state index in [0.29, 0.717) is 16.6 Å². The van der Waals surface area contributed by atoms with Gasteiger partial charge in [-0.25, -0.2) is 0 Å². The maximum absolute atomic E-state index is 13.8. The number of carbonyl (C=O) groups excluding carboxylic acids is 1. The van der Waals surface area contributed by atoms with Crippen molar-refractivity contribution in [3.8, 4) is 5.75 Å². The number of likely N-dealkylation sites (N-methyl/N-ethyl adjacent to an activating group) is 1. The molecular weight excluding hydrogens is 425 g/mol. The smallest absolute Gasteiger partial charge is 0.248 e. The summed E-state index contributed by atoms with van der Waals surface area (Å²) in [7, 11) is 3.46. The molecule has 0 saturated heterocycles. The van der Waals surface area contributed by atoms with E-state index < -0.39 is 4.75 Å². The first kappa shape index (κ1) is 20.1. The number of hydrogen-bond acceptors (Lipinski definition) is 3. The third-order valence-electron chi connectivity index (χ3n) is 5.03. The van der Waals surface area contributed by atoms with Crippen LogP contribution in [0.3, 0.4) is 0 Å². The quantitative estimate of drug-likeness (QED) is 0.494. The van der Waals surface area contributed by atoms with E-state index in [1.54, 1.807) is 18.1 Å². The SMILES string of the molecule is COc1ccc2c(c1)CN(C)C(=O)C2(Sc1ccccc1)c1cc(Cl)cc(Cl)c1. The second kappa shape index (κ2) is 7.94. The van der Waals surface area contributed by atoms with Gasteiger partial charge in [0.2, 0.25) is 5.91 Å². The van der Waals surface area contributed by atoms with E-state index in [2.05, 4.69) is 0 Å². The number of thioether (sulfide) groups is 1. The molecule has 148 valence electrons. The monoisotopic (exact) mass is 443 g/mol. The van der Waals surface area contributed by atoms with Crippen LogP contribution in [-0.2, 0) is 16.1 Å². The van der Waals surface area contributed by atoms with Gasteiger partial charge in [-0.1, -0.05) is 59.2 Å². The molecule has 1 aliphatic rings. The number of ether oxygens (including phenoxy) is 1. The number of hydrogen-bond donors (Lipinski definition) is 0. The second-order valence-corrected chi connectivity index (χ2v) is 9.10. The van der Waals surface area contributed by atoms with Crippen molar-refractivity contribution in [2.24, 2.45) is 0 Å². The maximum atomic E-state index is 13.8. The number of nitrogens with zero attached hydrogens (tertiary/aromatic N) is 1. The lowest BCUT2D eigenvalue weighted by atomic mass is 9.83. The summed E-state index contributed by atoms with van der Waals surface area (Å²) in [5.41, 5.74) is 2.71. The topological polar surface area (TPSA) is 29.5 Å². The molecule has 0 aliphatic carbocycles. The first-order valence-corrected chi connectivity index (χ1v) is 10.6. The van der Waals surface area contributed by atoms with E-state index in [4.69, 9.17) is 27.9 Å². The fourth-order valence-electron chi connectivity index (χ4n) is 3.74. The Morgan fingerprint density at radius 3 is 2.34 bits per heavy atom. The van der Waals surface area contributed by atoms with Gasteiger partial charge in [0.15, 0.2) is 0 Å². The molecule has 1 heterocycles. The summed E-state index contributed by atoms with van der Waals surface area (Å²) >= 11 is 14.2. The lowest BCUT2D eigenvalue weighted by molar-refractivity contribution is -0.133. The van der Waals surface area contributed by atoms with E-state index in [1.807, 2.05) is 67.7 Å². The molecule has 3 aromatic carbocycles. The molecule has 4 rings (SSSR count). The first-order valence-electron chi connectivity index (χ1n) is 9.07. The first-order chi connectivity index (χ1) is 13.9. The van der Waals surface area contributed by atoms with Crippen molar-refractivity contribution < 1.29 is 9.53 Å². The van der Waals surface area contributed by atoms with Gasteiger partial charge in [0.25, 0.3) is 0 Å². The van der Waals surface area contributed by atoms with E-state index >= 15 is 0 Å². The largest absolute Gasteiger partial charge is 0.497 e. The molecule has 0 aromatic heterocycles. The van der Waals surface area contributed by atoms with Crippen LogP contribution in [0.15, 0.2) is 71.6 Å². The highest BCUT2D eigenvalue weighted by Crippen LogP contribution is 2.52. The molecular formula is C23H19Cl2NO2S. The second-order valence-electron chi connectivity index (χ2n) is 6.94. The Kier molecular flexibility index (Phi) is 5.52. The zero-order valence-electron chi connectivity index (χ0n) is 16.0. The van der Waals surface area contributed by atoms with Crippen LogP contribution in [0.25, 0.3) is 0 Å². The highest BCUT2D eigenvalue weighted by atomic mass is 35.5. The number of amides is 1. The lowest BCUT2D eigenvalue weighted by Crippen LogP contribution is -2.48. The molecule has 1 aliphatic heterocycles. The van der Waals surface area contributed by atoms with Gasteiger partial charge in [-0.15, -0.1) is 0 Å². The fraction of sp³-hybridized carbons (Fsp3) is 0.174. The highest BCUT2D eigenvalue weighted by Gasteiger charge is 2.49. The standard InChI is InChI=1S/C23H19Cl2NO2S/c1-26-14-15-10-19(28-2)8-9-21(15)23(22(26)27,29-20-6-4-3-5-7-20)16-11-17(24)13-18(25)12-16/h3-13H,14H2,1-2H3. The van der Waals surface area contributed by atoms with Crippen molar-refractivity contribution in [1.82, 2.24) is 4.90 Å². The number of methoxy groups -OCH3 is 1. The number of rotatable bonds is 4. The summed E-state index contributed by atoms with van der Waals surface area (Å²) in [5, 5.41) is 0.994. The lowest BCUT2D eigenvalue weighted by Gasteiger charge is -2.42. The van der Waals surface area contributed by atoms with Crippen LogP contribution in [-0.4, -0.2) is 25.0 Å². The molecule has 0 spiro atoms. The summed E-state index contributed by atoms with van der Waals surface area (Å²) in [4.78, 5) is 16.5. The predicted molar refractivity (Wildman–Crippen MR) is 119 cm³/mol. The zero-order chi connectivity index (χ0) is 20.6. The Balaban J connectivity index is 2.02. The summed E-state index contributed by atoms with van der Waals surface area (Å²) in [6, 6.07) is 21.1. The van der Waals surface area contributed by atoms with Crippen molar-refractivity contribution in [3.05, 3.63) is 93.5 Å². The van der Waals surface area contributed by atoms with Gasteiger partial charge >= 0.3 is 0 Å². The molecule has 29 heavy (non-hydrogen) atoms. The van der Waals surface area contributed by atoms with E-state index in [-0.39, 0.29) is 5.91 Å². The van der Waals surface area contributed by atoms with Crippen molar-refractivity contribution in [1.29, 1.82) is 0 Å². The van der Waals surface area contributed by atoms with Gasteiger partial charge in [-0.05, 0) is 59.2 Å². The molecule has 3 aromatic rings. The molecule has 3 nitrogen and oxygen atoms in total. The van der Waals surface area contributed by atoms with Crippen LogP contribution in [0.1, 0.15) is 16.7 Å². The normalized spacial score (nSPS) is 18.5. The minimum atomic E-state index is -1.01. The predicted octanol–water partition coefficient (Wildman–Crippen LogP) is 6.01. The molecule has 0 radical (unpaired) electrons. The Bertz CT molecular complexity index is 1050. The van der Waals surface area contributed by atoms with Crippen molar-refractivity contribution >= 4 is 40.9 Å². The molecule has 1 amide bonds.